The van der Waals surface area contributed by atoms with E-state index in [9.17, 15) is 19.1 Å². The van der Waals surface area contributed by atoms with Crippen molar-refractivity contribution < 1.29 is 33.3 Å². The van der Waals surface area contributed by atoms with Gasteiger partial charge in [-0.05, 0) is 43.9 Å². The minimum absolute atomic E-state index is 0.0986. The van der Waals surface area contributed by atoms with Crippen molar-refractivity contribution in [1.29, 1.82) is 0 Å². The highest BCUT2D eigenvalue weighted by Crippen LogP contribution is 2.38. The first-order valence-electron chi connectivity index (χ1n) is 12.4. The molecule has 5 rings (SSSR count). The molecule has 0 unspecified atom stereocenters. The number of likely N-dealkylation sites (tertiary alicyclic amines) is 1. The van der Waals surface area contributed by atoms with Gasteiger partial charge in [0, 0.05) is 31.5 Å². The number of methoxy groups -OCH3 is 1. The molecule has 11 nitrogen and oxygen atoms in total. The Bertz CT molecular complexity index is 1340. The molecule has 1 saturated carbocycles. The van der Waals surface area contributed by atoms with Crippen LogP contribution in [0.2, 0.25) is 0 Å². The van der Waals surface area contributed by atoms with Gasteiger partial charge in [0.15, 0.2) is 0 Å². The van der Waals surface area contributed by atoms with E-state index in [4.69, 9.17) is 14.2 Å². The number of β-amino-alcohol motifs (C(OH)–C–C–N with tert-alkyl or cyclic N) is 1. The number of carbonyl (C=O) groups is 2. The van der Waals surface area contributed by atoms with E-state index in [2.05, 4.69) is 20.3 Å². The second-order valence-electron chi connectivity index (χ2n) is 9.62. The van der Waals surface area contributed by atoms with E-state index < -0.39 is 24.9 Å². The lowest BCUT2D eigenvalue weighted by Gasteiger charge is -2.16. The van der Waals surface area contributed by atoms with Gasteiger partial charge in [-0.15, -0.1) is 0 Å². The fourth-order valence-electron chi connectivity index (χ4n) is 4.66. The Morgan fingerprint density at radius 1 is 1.24 bits per heavy atom. The van der Waals surface area contributed by atoms with Crippen LogP contribution in [0.15, 0.2) is 24.5 Å². The Labute approximate surface area is 218 Å². The summed E-state index contributed by atoms with van der Waals surface area (Å²) in [6.07, 6.45) is 2.68. The number of hydrogen-bond donors (Lipinski definition) is 3. The quantitative estimate of drug-likeness (QED) is 0.364. The van der Waals surface area contributed by atoms with Crippen molar-refractivity contribution in [2.75, 3.05) is 40.3 Å². The van der Waals surface area contributed by atoms with Crippen LogP contribution < -0.4 is 14.8 Å². The van der Waals surface area contributed by atoms with E-state index in [1.165, 1.54) is 18.3 Å². The summed E-state index contributed by atoms with van der Waals surface area (Å²) in [7, 11) is 1.42. The highest BCUT2D eigenvalue weighted by atomic mass is 19.1. The Morgan fingerprint density at radius 3 is 2.79 bits per heavy atom. The number of aryl methyl sites for hydroxylation is 1. The molecule has 12 heteroatoms. The molecule has 38 heavy (non-hydrogen) atoms. The highest BCUT2D eigenvalue weighted by Gasteiger charge is 2.36. The molecule has 202 valence electrons. The van der Waals surface area contributed by atoms with Crippen LogP contribution in [0.25, 0.3) is 22.3 Å². The van der Waals surface area contributed by atoms with Crippen LogP contribution in [0.1, 0.15) is 28.9 Å². The second kappa shape index (κ2) is 10.9. The molecule has 2 aromatic heterocycles. The maximum atomic E-state index is 13.4. The van der Waals surface area contributed by atoms with Crippen molar-refractivity contribution in [3.8, 4) is 22.8 Å². The average Bonchev–Trinajstić information content (AvgIpc) is 3.56. The maximum Gasteiger partial charge on any atom is 0.255 e. The fourth-order valence-corrected chi connectivity index (χ4v) is 4.66. The Balaban J connectivity index is 1.45. The lowest BCUT2D eigenvalue weighted by molar-refractivity contribution is -0.134. The van der Waals surface area contributed by atoms with Crippen molar-refractivity contribution in [1.82, 2.24) is 25.2 Å². The monoisotopic (exact) mass is 527 g/mol. The molecular formula is C26H30FN5O6. The number of aliphatic hydroxyl groups excluding tert-OH is 1. The second-order valence-corrected chi connectivity index (χ2v) is 9.62. The average molecular weight is 528 g/mol. The number of fused-ring (bicyclic) bond motifs is 1. The number of nitrogens with one attached hydrogen (secondary N) is 2. The van der Waals surface area contributed by atoms with E-state index in [1.54, 1.807) is 25.1 Å². The zero-order valence-corrected chi connectivity index (χ0v) is 21.2. The first-order valence-corrected chi connectivity index (χ1v) is 12.4. The standard InChI is InChI=1S/C26H30FN5O6/c1-14-22(26(35)31-18-8-32(9-19(18)33)21(34)11-36-2)24-25(30-14)23(28-13-29-24)17-7-16(38-12-27)5-6-20(17)37-10-15-3-4-15/h5-7,13,15,18-19,30,33H,3-4,8-12H2,1-2H3,(H,31,35)/t18-,19-/m1/s1. The van der Waals surface area contributed by atoms with E-state index in [0.717, 1.165) is 12.8 Å². The van der Waals surface area contributed by atoms with Gasteiger partial charge in [-0.3, -0.25) is 9.59 Å². The van der Waals surface area contributed by atoms with Crippen LogP contribution in [-0.4, -0.2) is 89.2 Å². The predicted octanol–water partition coefficient (Wildman–Crippen LogP) is 1.98. The summed E-state index contributed by atoms with van der Waals surface area (Å²) in [6, 6.07) is 4.36. The number of nitrogens with zero attached hydrogens (tertiary/aromatic N) is 3. The van der Waals surface area contributed by atoms with Gasteiger partial charge >= 0.3 is 0 Å². The molecule has 1 aliphatic carbocycles. The van der Waals surface area contributed by atoms with E-state index >= 15 is 0 Å². The molecule has 2 aliphatic rings. The van der Waals surface area contributed by atoms with Crippen molar-refractivity contribution in [2.24, 2.45) is 5.92 Å². The predicted molar refractivity (Wildman–Crippen MR) is 135 cm³/mol. The van der Waals surface area contributed by atoms with Gasteiger partial charge < -0.3 is 34.5 Å². The molecule has 3 heterocycles. The summed E-state index contributed by atoms with van der Waals surface area (Å²) in [5, 5.41) is 13.3. The number of halogens is 1. The van der Waals surface area contributed by atoms with Crippen LogP contribution in [-0.2, 0) is 9.53 Å². The molecule has 1 saturated heterocycles. The van der Waals surface area contributed by atoms with Crippen LogP contribution in [0.3, 0.4) is 0 Å². The minimum Gasteiger partial charge on any atom is -0.493 e. The topological polar surface area (TPSA) is 139 Å². The van der Waals surface area contributed by atoms with Gasteiger partial charge in [0.2, 0.25) is 12.8 Å². The number of benzene rings is 1. The molecule has 0 bridgehead atoms. The van der Waals surface area contributed by atoms with Gasteiger partial charge in [0.05, 0.1) is 29.8 Å². The first kappa shape index (κ1) is 25.9. The van der Waals surface area contributed by atoms with E-state index in [-0.39, 0.29) is 25.6 Å². The third-order valence-electron chi connectivity index (χ3n) is 6.82. The van der Waals surface area contributed by atoms with Crippen LogP contribution in [0.5, 0.6) is 11.5 Å². The van der Waals surface area contributed by atoms with Gasteiger partial charge in [-0.2, -0.15) is 0 Å². The SMILES string of the molecule is COCC(=O)N1C[C@@H](O)[C@H](NC(=O)c2c(C)[nH]c3c(-c4cc(OCF)ccc4OCC4CC4)ncnc23)C1. The molecule has 0 radical (unpaired) electrons. The number of hydrogen-bond acceptors (Lipinski definition) is 8. The molecule has 0 spiro atoms. The number of H-pyrrole nitrogens is 1. The van der Waals surface area contributed by atoms with Crippen molar-refractivity contribution >= 4 is 22.8 Å². The molecule has 1 aromatic carbocycles. The largest absolute Gasteiger partial charge is 0.493 e. The summed E-state index contributed by atoms with van der Waals surface area (Å²) < 4.78 is 28.9. The third-order valence-corrected chi connectivity index (χ3v) is 6.82. The number of ether oxygens (including phenoxy) is 3. The normalized spacial score (nSPS) is 19.1. The van der Waals surface area contributed by atoms with E-state index in [1.807, 2.05) is 0 Å². The molecule has 2 atom stereocenters. The first-order chi connectivity index (χ1) is 18.4. The van der Waals surface area contributed by atoms with E-state index in [0.29, 0.717) is 57.6 Å². The Kier molecular flexibility index (Phi) is 7.43. The summed E-state index contributed by atoms with van der Waals surface area (Å²) >= 11 is 0. The number of alkyl halides is 1. The summed E-state index contributed by atoms with van der Waals surface area (Å²) in [6.45, 7) is 1.50. The van der Waals surface area contributed by atoms with Crippen LogP contribution in [0.4, 0.5) is 4.39 Å². The van der Waals surface area contributed by atoms with Gasteiger partial charge in [-0.1, -0.05) is 0 Å². The third kappa shape index (κ3) is 5.27. The molecule has 1 aliphatic heterocycles. The highest BCUT2D eigenvalue weighted by molar-refractivity contribution is 6.09. The molecule has 3 aromatic rings. The smallest absolute Gasteiger partial charge is 0.255 e. The van der Waals surface area contributed by atoms with Crippen molar-refractivity contribution in [3.05, 3.63) is 35.8 Å². The Hall–Kier alpha value is -3.77. The number of rotatable bonds is 10. The molecule has 3 N–H and O–H groups in total. The van der Waals surface area contributed by atoms with Gasteiger partial charge in [0.25, 0.3) is 5.91 Å². The fraction of sp³-hybridized carbons (Fsp3) is 0.462. The van der Waals surface area contributed by atoms with Crippen LogP contribution >= 0.6 is 0 Å². The van der Waals surface area contributed by atoms with Gasteiger partial charge in [-0.25, -0.2) is 14.4 Å². The lowest BCUT2D eigenvalue weighted by Crippen LogP contribution is -2.43. The minimum atomic E-state index is -0.978. The number of aromatic nitrogens is 3. The lowest BCUT2D eigenvalue weighted by atomic mass is 10.1. The molecule has 2 fully saturated rings. The summed E-state index contributed by atoms with van der Waals surface area (Å²) in [5.41, 5.74) is 2.80. The van der Waals surface area contributed by atoms with Crippen molar-refractivity contribution in [3.63, 3.8) is 0 Å². The number of carbonyl (C=O) groups excluding carboxylic acids is 2. The zero-order chi connectivity index (χ0) is 26.8. The molecule has 2 amide bonds. The summed E-state index contributed by atoms with van der Waals surface area (Å²) in [4.78, 5) is 39.0. The number of aliphatic hydroxyl groups is 1. The summed E-state index contributed by atoms with van der Waals surface area (Å²) in [5.74, 6) is 0.698. The maximum absolute atomic E-state index is 13.4. The number of amides is 2. The van der Waals surface area contributed by atoms with Crippen LogP contribution in [0, 0.1) is 12.8 Å². The number of aromatic amines is 1. The Morgan fingerprint density at radius 2 is 2.05 bits per heavy atom. The zero-order valence-electron chi connectivity index (χ0n) is 21.2. The van der Waals surface area contributed by atoms with Gasteiger partial charge in [0.1, 0.15) is 35.6 Å². The van der Waals surface area contributed by atoms with Crippen molar-refractivity contribution in [2.45, 2.75) is 31.9 Å². The molecular weight excluding hydrogens is 497 g/mol.